The number of nitrogens with one attached hydrogen (secondary N) is 1. The summed E-state index contributed by atoms with van der Waals surface area (Å²) in [5.41, 5.74) is 0.790. The fraction of sp³-hybridized carbons (Fsp3) is 0.286. The molecule has 6 nitrogen and oxygen atoms in total. The molecule has 0 spiro atoms. The summed E-state index contributed by atoms with van der Waals surface area (Å²) in [7, 11) is 0. The van der Waals surface area contributed by atoms with Gasteiger partial charge in [-0.2, -0.15) is 0 Å². The van der Waals surface area contributed by atoms with E-state index in [4.69, 9.17) is 23.2 Å². The molecule has 1 saturated heterocycles. The largest absolute Gasteiger partial charge is 0.325 e. The molecular formula is C21H19Cl2N3O3. The van der Waals surface area contributed by atoms with E-state index in [9.17, 15) is 14.4 Å². The van der Waals surface area contributed by atoms with E-state index < -0.39 is 5.66 Å². The topological polar surface area (TPSA) is 69.7 Å². The van der Waals surface area contributed by atoms with Gasteiger partial charge in [-0.25, -0.2) is 0 Å². The summed E-state index contributed by atoms with van der Waals surface area (Å²) in [5.74, 6) is -0.471. The predicted octanol–water partition coefficient (Wildman–Crippen LogP) is 4.32. The van der Waals surface area contributed by atoms with E-state index in [1.807, 2.05) is 13.0 Å². The van der Waals surface area contributed by atoms with Gasteiger partial charge in [-0.1, -0.05) is 35.3 Å². The molecule has 1 N–H and O–H groups in total. The number of hydrogen-bond donors (Lipinski definition) is 1. The Hall–Kier alpha value is -2.57. The van der Waals surface area contributed by atoms with Crippen LogP contribution < -0.4 is 10.2 Å². The zero-order valence-corrected chi connectivity index (χ0v) is 17.3. The SMILES string of the molecule is CC12CCC(=O)N1c1ccccc1C(=O)N2CCC(=O)Nc1ccc(Cl)cc1Cl. The fourth-order valence-electron chi connectivity index (χ4n) is 4.06. The van der Waals surface area contributed by atoms with Crippen molar-refractivity contribution >= 4 is 52.3 Å². The zero-order valence-electron chi connectivity index (χ0n) is 15.7. The first-order chi connectivity index (χ1) is 13.8. The molecule has 8 heteroatoms. The number of para-hydroxylation sites is 1. The minimum Gasteiger partial charge on any atom is -0.325 e. The van der Waals surface area contributed by atoms with Crippen molar-refractivity contribution in [1.29, 1.82) is 0 Å². The van der Waals surface area contributed by atoms with E-state index in [0.717, 1.165) is 0 Å². The number of nitrogens with zero attached hydrogens (tertiary/aromatic N) is 2. The van der Waals surface area contributed by atoms with Gasteiger partial charge in [0.1, 0.15) is 5.66 Å². The highest BCUT2D eigenvalue weighted by Gasteiger charge is 2.52. The molecule has 0 aliphatic carbocycles. The molecule has 2 aromatic carbocycles. The molecule has 4 rings (SSSR count). The summed E-state index contributed by atoms with van der Waals surface area (Å²) >= 11 is 12.0. The molecule has 0 bridgehead atoms. The van der Waals surface area contributed by atoms with Crippen molar-refractivity contribution in [2.75, 3.05) is 16.8 Å². The highest BCUT2D eigenvalue weighted by Crippen LogP contribution is 2.44. The Kier molecular flexibility index (Phi) is 5.00. The van der Waals surface area contributed by atoms with Gasteiger partial charge in [0, 0.05) is 24.4 Å². The second kappa shape index (κ2) is 7.35. The van der Waals surface area contributed by atoms with Crippen LogP contribution in [0.4, 0.5) is 11.4 Å². The van der Waals surface area contributed by atoms with Crippen molar-refractivity contribution in [1.82, 2.24) is 4.90 Å². The molecule has 29 heavy (non-hydrogen) atoms. The summed E-state index contributed by atoms with van der Waals surface area (Å²) in [5, 5.41) is 3.56. The normalized spacial score (nSPS) is 20.5. The summed E-state index contributed by atoms with van der Waals surface area (Å²) < 4.78 is 0. The number of carbonyl (C=O) groups is 3. The highest BCUT2D eigenvalue weighted by atomic mass is 35.5. The van der Waals surface area contributed by atoms with Gasteiger partial charge in [0.25, 0.3) is 5.91 Å². The summed E-state index contributed by atoms with van der Waals surface area (Å²) in [6.07, 6.45) is 0.961. The number of carbonyl (C=O) groups excluding carboxylic acids is 3. The predicted molar refractivity (Wildman–Crippen MR) is 112 cm³/mol. The number of fused-ring (bicyclic) bond motifs is 3. The second-order valence-electron chi connectivity index (χ2n) is 7.34. The van der Waals surface area contributed by atoms with E-state index in [0.29, 0.717) is 39.8 Å². The third kappa shape index (κ3) is 3.36. The van der Waals surface area contributed by atoms with Crippen LogP contribution in [0.5, 0.6) is 0 Å². The van der Waals surface area contributed by atoms with Crippen LogP contribution in [0.15, 0.2) is 42.5 Å². The van der Waals surface area contributed by atoms with Gasteiger partial charge in [0.15, 0.2) is 0 Å². The fourth-order valence-corrected chi connectivity index (χ4v) is 4.51. The van der Waals surface area contributed by atoms with E-state index in [1.165, 1.54) is 0 Å². The van der Waals surface area contributed by atoms with Gasteiger partial charge in [-0.15, -0.1) is 0 Å². The van der Waals surface area contributed by atoms with Crippen LogP contribution in [0, 0.1) is 0 Å². The molecule has 2 aromatic rings. The van der Waals surface area contributed by atoms with Gasteiger partial charge in [0.05, 0.1) is 22.0 Å². The molecule has 1 atom stereocenters. The zero-order chi connectivity index (χ0) is 20.8. The third-order valence-corrected chi connectivity index (χ3v) is 6.06. The van der Waals surface area contributed by atoms with E-state index in [1.54, 1.807) is 46.2 Å². The van der Waals surface area contributed by atoms with Crippen molar-refractivity contribution < 1.29 is 14.4 Å². The van der Waals surface area contributed by atoms with Gasteiger partial charge in [0.2, 0.25) is 11.8 Å². The number of anilines is 2. The molecule has 150 valence electrons. The number of amides is 3. The molecule has 0 saturated carbocycles. The van der Waals surface area contributed by atoms with Crippen LogP contribution in [0.25, 0.3) is 0 Å². The van der Waals surface area contributed by atoms with Crippen molar-refractivity contribution in [3.05, 3.63) is 58.1 Å². The molecule has 0 aromatic heterocycles. The number of benzene rings is 2. The van der Waals surface area contributed by atoms with Crippen LogP contribution in [0.1, 0.15) is 36.5 Å². The van der Waals surface area contributed by atoms with Crippen LogP contribution in [-0.2, 0) is 9.59 Å². The minimum absolute atomic E-state index is 0.0187. The summed E-state index contributed by atoms with van der Waals surface area (Å²) in [4.78, 5) is 41.5. The Balaban J connectivity index is 1.54. The standard InChI is InChI=1S/C21H19Cl2N3O3/c1-21-10-8-19(28)26(21)17-5-3-2-4-14(17)20(29)25(21)11-9-18(27)24-16-7-6-13(22)12-15(16)23/h2-7,12H,8-11H2,1H3,(H,24,27). The quantitative estimate of drug-likeness (QED) is 0.783. The Morgan fingerprint density at radius 1 is 1.17 bits per heavy atom. The molecule has 1 fully saturated rings. The van der Waals surface area contributed by atoms with E-state index in [-0.39, 0.29) is 30.7 Å². The number of hydrogen-bond acceptors (Lipinski definition) is 3. The first kappa shape index (κ1) is 19.7. The highest BCUT2D eigenvalue weighted by molar-refractivity contribution is 6.36. The first-order valence-corrected chi connectivity index (χ1v) is 10.1. The van der Waals surface area contributed by atoms with E-state index >= 15 is 0 Å². The molecule has 3 amide bonds. The maximum atomic E-state index is 13.2. The maximum Gasteiger partial charge on any atom is 0.257 e. The van der Waals surface area contributed by atoms with Crippen molar-refractivity contribution in [2.45, 2.75) is 31.8 Å². The monoisotopic (exact) mass is 431 g/mol. The van der Waals surface area contributed by atoms with Crippen LogP contribution in [0.3, 0.4) is 0 Å². The molecule has 2 aliphatic heterocycles. The number of rotatable bonds is 4. The smallest absolute Gasteiger partial charge is 0.257 e. The molecule has 1 unspecified atom stereocenters. The summed E-state index contributed by atoms with van der Waals surface area (Å²) in [6.45, 7) is 2.06. The van der Waals surface area contributed by atoms with Gasteiger partial charge >= 0.3 is 0 Å². The average Bonchev–Trinajstić information content (AvgIpc) is 2.99. The van der Waals surface area contributed by atoms with Crippen molar-refractivity contribution in [3.63, 3.8) is 0 Å². The number of halogens is 2. The lowest BCUT2D eigenvalue weighted by molar-refractivity contribution is -0.117. The molecular weight excluding hydrogens is 413 g/mol. The average molecular weight is 432 g/mol. The van der Waals surface area contributed by atoms with Crippen LogP contribution in [0.2, 0.25) is 10.0 Å². The molecule has 2 heterocycles. The van der Waals surface area contributed by atoms with Crippen LogP contribution in [-0.4, -0.2) is 34.8 Å². The van der Waals surface area contributed by atoms with E-state index in [2.05, 4.69) is 5.32 Å². The van der Waals surface area contributed by atoms with Crippen LogP contribution >= 0.6 is 23.2 Å². The lowest BCUT2D eigenvalue weighted by Crippen LogP contribution is -2.62. The van der Waals surface area contributed by atoms with Gasteiger partial charge in [-0.3, -0.25) is 19.3 Å². The Bertz CT molecular complexity index is 1030. The lowest BCUT2D eigenvalue weighted by atomic mass is 9.98. The lowest BCUT2D eigenvalue weighted by Gasteiger charge is -2.48. The van der Waals surface area contributed by atoms with Crippen molar-refractivity contribution in [3.8, 4) is 0 Å². The third-order valence-electron chi connectivity index (χ3n) is 5.51. The minimum atomic E-state index is -0.777. The van der Waals surface area contributed by atoms with Gasteiger partial charge in [-0.05, 0) is 43.7 Å². The van der Waals surface area contributed by atoms with Crippen molar-refractivity contribution in [2.24, 2.45) is 0 Å². The first-order valence-electron chi connectivity index (χ1n) is 9.30. The molecule has 2 aliphatic rings. The summed E-state index contributed by atoms with van der Waals surface area (Å²) in [6, 6.07) is 11.9. The Morgan fingerprint density at radius 2 is 1.93 bits per heavy atom. The Morgan fingerprint density at radius 3 is 2.69 bits per heavy atom. The van der Waals surface area contributed by atoms with Gasteiger partial charge < -0.3 is 10.2 Å². The second-order valence-corrected chi connectivity index (χ2v) is 8.19. The maximum absolute atomic E-state index is 13.2. The molecule has 0 radical (unpaired) electrons. The Labute approximate surface area is 178 Å².